The van der Waals surface area contributed by atoms with Crippen molar-refractivity contribution >= 4 is 17.5 Å². The minimum Gasteiger partial charge on any atom is -0.493 e. The van der Waals surface area contributed by atoms with Crippen molar-refractivity contribution in [2.24, 2.45) is 11.0 Å². The first kappa shape index (κ1) is 25.2. The Kier molecular flexibility index (Phi) is 8.15. The van der Waals surface area contributed by atoms with Crippen molar-refractivity contribution in [2.75, 3.05) is 20.3 Å². The number of hydrogen-bond acceptors (Lipinski definition) is 6. The van der Waals surface area contributed by atoms with Crippen LogP contribution in [0.2, 0.25) is 0 Å². The highest BCUT2D eigenvalue weighted by atomic mass is 16.5. The van der Waals surface area contributed by atoms with E-state index in [1.807, 2.05) is 38.1 Å². The summed E-state index contributed by atoms with van der Waals surface area (Å²) >= 11 is 0. The maximum Gasteiger partial charge on any atom is 0.269 e. The van der Waals surface area contributed by atoms with Crippen molar-refractivity contribution < 1.29 is 19.1 Å². The van der Waals surface area contributed by atoms with Gasteiger partial charge >= 0.3 is 0 Å². The van der Waals surface area contributed by atoms with E-state index in [9.17, 15) is 9.59 Å². The van der Waals surface area contributed by atoms with Gasteiger partial charge in [-0.3, -0.25) is 14.6 Å². The molecule has 1 aromatic carbocycles. The Morgan fingerprint density at radius 2 is 2.06 bits per heavy atom. The van der Waals surface area contributed by atoms with Crippen molar-refractivity contribution in [3.05, 3.63) is 77.3 Å². The van der Waals surface area contributed by atoms with Gasteiger partial charge in [0.1, 0.15) is 0 Å². The van der Waals surface area contributed by atoms with Gasteiger partial charge in [-0.25, -0.2) is 5.01 Å². The molecular weight excluding hydrogens is 456 g/mol. The number of aromatic nitrogens is 1. The number of rotatable bonds is 8. The van der Waals surface area contributed by atoms with Gasteiger partial charge in [0.05, 0.1) is 19.3 Å². The van der Waals surface area contributed by atoms with Crippen LogP contribution in [-0.2, 0) is 11.2 Å². The Bertz CT molecular complexity index is 1200. The van der Waals surface area contributed by atoms with Gasteiger partial charge in [-0.15, -0.1) is 0 Å². The average Bonchev–Trinajstić information content (AvgIpc) is 2.90. The van der Waals surface area contributed by atoms with E-state index in [1.165, 1.54) is 6.20 Å². The molecule has 36 heavy (non-hydrogen) atoms. The molecule has 1 unspecified atom stereocenters. The summed E-state index contributed by atoms with van der Waals surface area (Å²) in [7, 11) is 1.62. The molecule has 0 saturated heterocycles. The first-order valence-corrected chi connectivity index (χ1v) is 12.3. The molecule has 0 saturated carbocycles. The summed E-state index contributed by atoms with van der Waals surface area (Å²) in [5.74, 6) is 1.12. The largest absolute Gasteiger partial charge is 0.493 e. The molecule has 4 rings (SSSR count). The number of nitrogens with one attached hydrogen (secondary N) is 1. The molecule has 188 valence electrons. The zero-order chi connectivity index (χ0) is 25.5. The van der Waals surface area contributed by atoms with Crippen LogP contribution in [0.4, 0.5) is 0 Å². The fraction of sp³-hybridized carbons (Fsp3) is 0.357. The molecule has 1 aliphatic heterocycles. The zero-order valence-corrected chi connectivity index (χ0v) is 21.0. The van der Waals surface area contributed by atoms with Crippen LogP contribution >= 0.6 is 0 Å². The molecule has 1 aliphatic carbocycles. The number of hydrogen-bond donors (Lipinski definition) is 1. The van der Waals surface area contributed by atoms with Crippen LogP contribution in [-0.4, -0.2) is 47.8 Å². The van der Waals surface area contributed by atoms with Gasteiger partial charge in [0.25, 0.3) is 11.8 Å². The second kappa shape index (κ2) is 11.7. The Balaban J connectivity index is 1.44. The van der Waals surface area contributed by atoms with Gasteiger partial charge in [-0.1, -0.05) is 19.1 Å². The Morgan fingerprint density at radius 3 is 2.78 bits per heavy atom. The maximum atomic E-state index is 13.3. The fourth-order valence-electron chi connectivity index (χ4n) is 4.36. The molecule has 0 fully saturated rings. The third kappa shape index (κ3) is 6.00. The van der Waals surface area contributed by atoms with Crippen LogP contribution in [0.15, 0.2) is 71.2 Å². The monoisotopic (exact) mass is 488 g/mol. The third-order valence-corrected chi connectivity index (χ3v) is 6.25. The molecule has 2 amide bonds. The van der Waals surface area contributed by atoms with Crippen molar-refractivity contribution in [2.45, 2.75) is 39.5 Å². The molecule has 8 nitrogen and oxygen atoms in total. The number of nitrogens with zero attached hydrogens (tertiary/aromatic N) is 3. The number of ether oxygens (including phenoxy) is 2. The van der Waals surface area contributed by atoms with Gasteiger partial charge in [0.15, 0.2) is 11.5 Å². The van der Waals surface area contributed by atoms with Crippen molar-refractivity contribution in [1.82, 2.24) is 15.3 Å². The van der Waals surface area contributed by atoms with E-state index < -0.39 is 0 Å². The maximum absolute atomic E-state index is 13.3. The van der Waals surface area contributed by atoms with E-state index >= 15 is 0 Å². The van der Waals surface area contributed by atoms with Gasteiger partial charge in [0, 0.05) is 48.3 Å². The first-order valence-electron chi connectivity index (χ1n) is 12.3. The highest BCUT2D eigenvalue weighted by Gasteiger charge is 2.26. The molecule has 2 aromatic rings. The van der Waals surface area contributed by atoms with E-state index in [-0.39, 0.29) is 17.7 Å². The van der Waals surface area contributed by atoms with Crippen molar-refractivity contribution in [1.29, 1.82) is 0 Å². The van der Waals surface area contributed by atoms with Gasteiger partial charge in [-0.2, -0.15) is 5.10 Å². The summed E-state index contributed by atoms with van der Waals surface area (Å²) in [6.07, 6.45) is 9.67. The van der Waals surface area contributed by atoms with Crippen LogP contribution in [0.1, 0.15) is 49.0 Å². The van der Waals surface area contributed by atoms with Crippen LogP contribution in [0.5, 0.6) is 11.5 Å². The molecular formula is C28H32N4O4. The molecule has 2 aliphatic rings. The lowest BCUT2D eigenvalue weighted by atomic mass is 9.91. The normalized spacial score (nSPS) is 17.5. The number of methoxy groups -OCH3 is 1. The predicted octanol–water partition coefficient (Wildman–Crippen LogP) is 4.29. The van der Waals surface area contributed by atoms with E-state index in [0.29, 0.717) is 48.6 Å². The van der Waals surface area contributed by atoms with Crippen molar-refractivity contribution in [3.8, 4) is 11.5 Å². The van der Waals surface area contributed by atoms with E-state index in [1.54, 1.807) is 36.5 Å². The molecule has 1 N–H and O–H groups in total. The number of carbonyl (C=O) groups is 2. The van der Waals surface area contributed by atoms with Crippen LogP contribution < -0.4 is 14.8 Å². The van der Waals surface area contributed by atoms with Crippen molar-refractivity contribution in [3.63, 3.8) is 0 Å². The summed E-state index contributed by atoms with van der Waals surface area (Å²) in [6.45, 7) is 5.09. The van der Waals surface area contributed by atoms with Crippen LogP contribution in [0, 0.1) is 5.92 Å². The minimum atomic E-state index is -0.208. The second-order valence-electron chi connectivity index (χ2n) is 8.91. The summed E-state index contributed by atoms with van der Waals surface area (Å²) in [6, 6.07) is 9.32. The number of benzene rings is 1. The molecule has 0 radical (unpaired) electrons. The average molecular weight is 489 g/mol. The Labute approximate surface area is 211 Å². The summed E-state index contributed by atoms with van der Waals surface area (Å²) in [5, 5.41) is 9.22. The van der Waals surface area contributed by atoms with Crippen LogP contribution in [0.25, 0.3) is 0 Å². The molecule has 0 spiro atoms. The summed E-state index contributed by atoms with van der Waals surface area (Å²) in [4.78, 5) is 29.7. The number of allylic oxidation sites excluding steroid dienone is 3. The number of pyridine rings is 1. The highest BCUT2D eigenvalue weighted by molar-refractivity contribution is 5.97. The quantitative estimate of drug-likeness (QED) is 0.598. The number of hydrazone groups is 1. The molecule has 1 atom stereocenters. The lowest BCUT2D eigenvalue weighted by Gasteiger charge is -2.27. The predicted molar refractivity (Wildman–Crippen MR) is 138 cm³/mol. The standard InChI is InChI=1S/C28H32N4O4/c1-4-36-26-17-20(9-12-25(26)35-3)16-23-8-6-14-32(31-23)28(34)21-10-11-24(19(2)15-21)30-27(33)22-7-5-13-29-18-22/h5,7,9-13,17-19H,4,6,8,14-16H2,1-3H3,(H,30,33). The van der Waals surface area contributed by atoms with Gasteiger partial charge < -0.3 is 14.8 Å². The summed E-state index contributed by atoms with van der Waals surface area (Å²) < 4.78 is 11.1. The smallest absolute Gasteiger partial charge is 0.269 e. The SMILES string of the molecule is CCOc1cc(CC2=NN(C(=O)C3=CC=C(NC(=O)c4cccnc4)C(C)C3)CCC2)ccc1OC. The molecule has 0 bridgehead atoms. The second-order valence-corrected chi connectivity index (χ2v) is 8.91. The van der Waals surface area contributed by atoms with Gasteiger partial charge in [0.2, 0.25) is 0 Å². The minimum absolute atomic E-state index is 0.000835. The fourth-order valence-corrected chi connectivity index (χ4v) is 4.36. The highest BCUT2D eigenvalue weighted by Crippen LogP contribution is 2.29. The summed E-state index contributed by atoms with van der Waals surface area (Å²) in [5.41, 5.74) is 4.00. The molecule has 1 aromatic heterocycles. The molecule has 8 heteroatoms. The van der Waals surface area contributed by atoms with E-state index in [2.05, 4.69) is 10.3 Å². The topological polar surface area (TPSA) is 93.1 Å². The lowest BCUT2D eigenvalue weighted by Crippen LogP contribution is -2.35. The zero-order valence-electron chi connectivity index (χ0n) is 21.0. The van der Waals surface area contributed by atoms with E-state index in [0.717, 1.165) is 29.8 Å². The molecule has 2 heterocycles. The Hall–Kier alpha value is -3.94. The third-order valence-electron chi connectivity index (χ3n) is 6.25. The number of carbonyl (C=O) groups excluding carboxylic acids is 2. The first-order chi connectivity index (χ1) is 17.5. The van der Waals surface area contributed by atoms with E-state index in [4.69, 9.17) is 14.6 Å². The number of amides is 2. The lowest BCUT2D eigenvalue weighted by molar-refractivity contribution is -0.127. The Morgan fingerprint density at radius 1 is 1.19 bits per heavy atom. The van der Waals surface area contributed by atoms with Crippen LogP contribution in [0.3, 0.4) is 0 Å². The van der Waals surface area contributed by atoms with Gasteiger partial charge in [-0.05, 0) is 62.1 Å².